The van der Waals surface area contributed by atoms with E-state index in [9.17, 15) is 0 Å². The van der Waals surface area contributed by atoms with Gasteiger partial charge in [-0.2, -0.15) is 0 Å². The van der Waals surface area contributed by atoms with Crippen molar-refractivity contribution >= 4 is 64.1 Å². The predicted molar refractivity (Wildman–Crippen MR) is 158 cm³/mol. The van der Waals surface area contributed by atoms with Gasteiger partial charge < -0.3 is 0 Å². The molecular formula is C34H20N2S. The molecule has 0 aliphatic carbocycles. The van der Waals surface area contributed by atoms with E-state index in [1.807, 2.05) is 23.5 Å². The number of aromatic nitrogens is 2. The Morgan fingerprint density at radius 1 is 0.432 bits per heavy atom. The zero-order valence-corrected chi connectivity index (χ0v) is 20.7. The molecule has 0 saturated carbocycles. The molecule has 3 aromatic heterocycles. The average molecular weight is 489 g/mol. The van der Waals surface area contributed by atoms with Crippen molar-refractivity contribution < 1.29 is 0 Å². The van der Waals surface area contributed by atoms with Crippen molar-refractivity contribution in [3.05, 3.63) is 121 Å². The molecule has 0 bridgehead atoms. The molecule has 172 valence electrons. The fourth-order valence-electron chi connectivity index (χ4n) is 5.50. The summed E-state index contributed by atoms with van der Waals surface area (Å²) in [5, 5.41) is 7.47. The largest absolute Gasteiger partial charge is 0.248 e. The highest BCUT2D eigenvalue weighted by atomic mass is 32.1. The van der Waals surface area contributed by atoms with Gasteiger partial charge in [-0.25, -0.2) is 9.97 Å². The van der Waals surface area contributed by atoms with Crippen molar-refractivity contribution in [1.29, 1.82) is 0 Å². The monoisotopic (exact) mass is 488 g/mol. The highest BCUT2D eigenvalue weighted by Gasteiger charge is 2.16. The van der Waals surface area contributed by atoms with E-state index >= 15 is 0 Å². The fourth-order valence-corrected chi connectivity index (χ4v) is 6.62. The molecule has 3 heterocycles. The van der Waals surface area contributed by atoms with Crippen LogP contribution in [0.1, 0.15) is 0 Å². The Kier molecular flexibility index (Phi) is 4.42. The van der Waals surface area contributed by atoms with Crippen LogP contribution < -0.4 is 0 Å². The van der Waals surface area contributed by atoms with E-state index in [1.54, 1.807) is 0 Å². The Morgan fingerprint density at radius 3 is 2.05 bits per heavy atom. The molecule has 0 aliphatic rings. The first-order valence-corrected chi connectivity index (χ1v) is 13.2. The average Bonchev–Trinajstić information content (AvgIpc) is 3.35. The molecule has 37 heavy (non-hydrogen) atoms. The third-order valence-electron chi connectivity index (χ3n) is 7.26. The summed E-state index contributed by atoms with van der Waals surface area (Å²) >= 11 is 1.86. The van der Waals surface area contributed by atoms with Crippen molar-refractivity contribution in [2.24, 2.45) is 0 Å². The summed E-state index contributed by atoms with van der Waals surface area (Å²) in [6.45, 7) is 0. The lowest BCUT2D eigenvalue weighted by atomic mass is 9.96. The maximum absolute atomic E-state index is 5.18. The normalized spacial score (nSPS) is 11.8. The van der Waals surface area contributed by atoms with Gasteiger partial charge in [0.15, 0.2) is 0 Å². The van der Waals surface area contributed by atoms with E-state index < -0.39 is 0 Å². The van der Waals surface area contributed by atoms with E-state index in [0.717, 1.165) is 38.9 Å². The second-order valence-corrected chi connectivity index (χ2v) is 10.5. The summed E-state index contributed by atoms with van der Waals surface area (Å²) in [6.07, 6.45) is 0. The lowest BCUT2D eigenvalue weighted by Crippen LogP contribution is -1.91. The third-order valence-corrected chi connectivity index (χ3v) is 8.39. The summed E-state index contributed by atoms with van der Waals surface area (Å²) in [6, 6.07) is 42.9. The topological polar surface area (TPSA) is 25.8 Å². The summed E-state index contributed by atoms with van der Waals surface area (Å²) < 4.78 is 2.63. The van der Waals surface area contributed by atoms with Crippen LogP contribution in [0.2, 0.25) is 0 Å². The Hall–Kier alpha value is -4.60. The van der Waals surface area contributed by atoms with Crippen molar-refractivity contribution in [3.63, 3.8) is 0 Å². The van der Waals surface area contributed by atoms with Gasteiger partial charge in [-0.3, -0.25) is 0 Å². The van der Waals surface area contributed by atoms with Crippen molar-refractivity contribution in [1.82, 2.24) is 9.97 Å². The van der Waals surface area contributed by atoms with Crippen molar-refractivity contribution in [2.75, 3.05) is 0 Å². The molecule has 0 N–H and O–H groups in total. The van der Waals surface area contributed by atoms with Crippen molar-refractivity contribution in [2.45, 2.75) is 0 Å². The molecule has 8 rings (SSSR count). The number of hydrogen-bond acceptors (Lipinski definition) is 3. The molecule has 5 aromatic carbocycles. The minimum absolute atomic E-state index is 0.980. The standard InChI is InChI=1S/C34H20N2S/c1-4-10-27-21(7-1)17-19-28(35-27)22-13-15-23(16-14-22)34-26-18-20-31-33(25-9-3-6-12-30(25)37-31)32(26)24-8-2-5-11-29(24)36-34/h1-20H. The minimum Gasteiger partial charge on any atom is -0.248 e. The van der Waals surface area contributed by atoms with Gasteiger partial charge in [-0.05, 0) is 30.3 Å². The first-order valence-electron chi connectivity index (χ1n) is 12.4. The molecule has 0 radical (unpaired) electrons. The van der Waals surface area contributed by atoms with Crippen LogP contribution in [0.25, 0.3) is 75.3 Å². The Labute approximate surface area is 217 Å². The van der Waals surface area contributed by atoms with Crippen molar-refractivity contribution in [3.8, 4) is 22.5 Å². The number of pyridine rings is 2. The first kappa shape index (κ1) is 20.6. The maximum atomic E-state index is 5.18. The zero-order chi connectivity index (χ0) is 24.3. The van der Waals surface area contributed by atoms with Gasteiger partial charge in [0.2, 0.25) is 0 Å². The smallest absolute Gasteiger partial charge is 0.0788 e. The van der Waals surface area contributed by atoms with Gasteiger partial charge in [-0.1, -0.05) is 91.0 Å². The van der Waals surface area contributed by atoms with Crippen LogP contribution in [-0.4, -0.2) is 9.97 Å². The van der Waals surface area contributed by atoms with Crippen LogP contribution in [-0.2, 0) is 0 Å². The highest BCUT2D eigenvalue weighted by Crippen LogP contribution is 2.43. The number of para-hydroxylation sites is 2. The van der Waals surface area contributed by atoms with Crippen LogP contribution in [0.15, 0.2) is 121 Å². The molecule has 0 aliphatic heterocycles. The predicted octanol–water partition coefficient (Wildman–Crippen LogP) is 9.64. The quantitative estimate of drug-likeness (QED) is 0.226. The molecule has 2 nitrogen and oxygen atoms in total. The van der Waals surface area contributed by atoms with Gasteiger partial charge in [0, 0.05) is 52.8 Å². The van der Waals surface area contributed by atoms with Crippen LogP contribution in [0.4, 0.5) is 0 Å². The molecule has 0 fully saturated rings. The molecule has 0 spiro atoms. The molecule has 0 saturated heterocycles. The van der Waals surface area contributed by atoms with E-state index in [-0.39, 0.29) is 0 Å². The van der Waals surface area contributed by atoms with E-state index in [4.69, 9.17) is 9.97 Å². The zero-order valence-electron chi connectivity index (χ0n) is 19.8. The Morgan fingerprint density at radius 2 is 1.16 bits per heavy atom. The van der Waals surface area contributed by atoms with Crippen LogP contribution >= 0.6 is 11.3 Å². The maximum Gasteiger partial charge on any atom is 0.0788 e. The fraction of sp³-hybridized carbons (Fsp3) is 0. The second kappa shape index (κ2) is 7.95. The summed E-state index contributed by atoms with van der Waals surface area (Å²) in [5.74, 6) is 0. The lowest BCUT2D eigenvalue weighted by Gasteiger charge is -2.12. The molecule has 3 heteroatoms. The summed E-state index contributed by atoms with van der Waals surface area (Å²) in [4.78, 5) is 10.1. The first-order chi connectivity index (χ1) is 18.3. The van der Waals surface area contributed by atoms with E-state index in [0.29, 0.717) is 0 Å². The number of thiophene rings is 1. The van der Waals surface area contributed by atoms with Gasteiger partial charge in [-0.15, -0.1) is 11.3 Å². The van der Waals surface area contributed by atoms with Gasteiger partial charge in [0.1, 0.15) is 0 Å². The lowest BCUT2D eigenvalue weighted by molar-refractivity contribution is 1.39. The van der Waals surface area contributed by atoms with E-state index in [1.165, 1.54) is 36.3 Å². The molecular weight excluding hydrogens is 468 g/mol. The molecule has 0 atom stereocenters. The van der Waals surface area contributed by atoms with Crippen LogP contribution in [0.3, 0.4) is 0 Å². The molecule has 0 unspecified atom stereocenters. The third kappa shape index (κ3) is 3.18. The number of nitrogens with zero attached hydrogens (tertiary/aromatic N) is 2. The second-order valence-electron chi connectivity index (χ2n) is 9.40. The number of fused-ring (bicyclic) bond motifs is 8. The van der Waals surface area contributed by atoms with Gasteiger partial charge in [0.25, 0.3) is 0 Å². The Balaban J connectivity index is 1.36. The van der Waals surface area contributed by atoms with E-state index in [2.05, 4.69) is 109 Å². The Bertz CT molecular complexity index is 2140. The number of hydrogen-bond donors (Lipinski definition) is 0. The highest BCUT2D eigenvalue weighted by molar-refractivity contribution is 7.26. The minimum atomic E-state index is 0.980. The molecule has 8 aromatic rings. The van der Waals surface area contributed by atoms with Gasteiger partial charge >= 0.3 is 0 Å². The molecule has 0 amide bonds. The number of rotatable bonds is 2. The SMILES string of the molecule is c1ccc2nc(-c3ccc(-c4nc5ccccc5c5c4ccc4sc6ccccc6c45)cc3)ccc2c1. The van der Waals surface area contributed by atoms with Gasteiger partial charge in [0.05, 0.1) is 22.4 Å². The summed E-state index contributed by atoms with van der Waals surface area (Å²) in [5.41, 5.74) is 6.24. The van der Waals surface area contributed by atoms with Crippen LogP contribution in [0, 0.1) is 0 Å². The van der Waals surface area contributed by atoms with Crippen LogP contribution in [0.5, 0.6) is 0 Å². The summed E-state index contributed by atoms with van der Waals surface area (Å²) in [7, 11) is 0. The number of benzene rings is 5.